The first-order valence-electron chi connectivity index (χ1n) is 5.56. The highest BCUT2D eigenvalue weighted by Crippen LogP contribution is 2.25. The molecule has 0 radical (unpaired) electrons. The van der Waals surface area contributed by atoms with Crippen molar-refractivity contribution in [3.05, 3.63) is 34.6 Å². The number of rotatable bonds is 3. The predicted molar refractivity (Wildman–Crippen MR) is 71.6 cm³/mol. The van der Waals surface area contributed by atoms with Crippen LogP contribution in [-0.4, -0.2) is 22.5 Å². The minimum Gasteiger partial charge on any atom is -0.392 e. The van der Waals surface area contributed by atoms with E-state index in [1.807, 2.05) is 0 Å². The normalized spacial score (nSPS) is 20.7. The van der Waals surface area contributed by atoms with E-state index in [1.54, 1.807) is 12.1 Å². The third-order valence-corrected chi connectivity index (χ3v) is 3.74. The molecular formula is C12H14ClFN2S. The van der Waals surface area contributed by atoms with Crippen LogP contribution in [0.25, 0.3) is 0 Å². The highest BCUT2D eigenvalue weighted by atomic mass is 35.5. The Balaban J connectivity index is 2.18. The molecule has 0 bridgehead atoms. The Morgan fingerprint density at radius 1 is 1.59 bits per heavy atom. The zero-order valence-corrected chi connectivity index (χ0v) is 10.9. The first-order valence-corrected chi connectivity index (χ1v) is 6.34. The molecule has 1 unspecified atom stereocenters. The van der Waals surface area contributed by atoms with Gasteiger partial charge in [-0.3, -0.25) is 4.90 Å². The summed E-state index contributed by atoms with van der Waals surface area (Å²) in [5.74, 6) is -0.272. The van der Waals surface area contributed by atoms with Crippen molar-refractivity contribution in [3.8, 4) is 0 Å². The number of benzene rings is 1. The van der Waals surface area contributed by atoms with Crippen molar-refractivity contribution in [3.63, 3.8) is 0 Å². The topological polar surface area (TPSA) is 29.3 Å². The van der Waals surface area contributed by atoms with Gasteiger partial charge in [0.05, 0.1) is 11.0 Å². The monoisotopic (exact) mass is 272 g/mol. The molecule has 1 saturated heterocycles. The van der Waals surface area contributed by atoms with Gasteiger partial charge in [-0.2, -0.15) is 0 Å². The Morgan fingerprint density at radius 3 is 3.00 bits per heavy atom. The molecule has 0 saturated carbocycles. The van der Waals surface area contributed by atoms with Gasteiger partial charge in [0.2, 0.25) is 0 Å². The molecule has 2 N–H and O–H groups in total. The highest BCUT2D eigenvalue weighted by Gasteiger charge is 2.27. The summed E-state index contributed by atoms with van der Waals surface area (Å²) < 4.78 is 13.7. The smallest absolute Gasteiger partial charge is 0.129 e. The van der Waals surface area contributed by atoms with Gasteiger partial charge in [-0.1, -0.05) is 29.9 Å². The van der Waals surface area contributed by atoms with Crippen LogP contribution in [0.5, 0.6) is 0 Å². The summed E-state index contributed by atoms with van der Waals surface area (Å²) >= 11 is 11.0. The molecule has 0 aliphatic carbocycles. The fraction of sp³-hybridized carbons (Fsp3) is 0.417. The van der Waals surface area contributed by atoms with Crippen LogP contribution >= 0.6 is 23.8 Å². The van der Waals surface area contributed by atoms with Crippen LogP contribution in [0, 0.1) is 5.82 Å². The molecule has 5 heteroatoms. The van der Waals surface area contributed by atoms with Crippen LogP contribution in [-0.2, 0) is 6.54 Å². The van der Waals surface area contributed by atoms with Crippen LogP contribution in [0.3, 0.4) is 0 Å². The van der Waals surface area contributed by atoms with Gasteiger partial charge in [0.25, 0.3) is 0 Å². The lowest BCUT2D eigenvalue weighted by molar-refractivity contribution is 0.290. The molecule has 2 rings (SSSR count). The molecular weight excluding hydrogens is 259 g/mol. The lowest BCUT2D eigenvalue weighted by atomic mass is 10.1. The van der Waals surface area contributed by atoms with E-state index in [2.05, 4.69) is 4.90 Å². The van der Waals surface area contributed by atoms with E-state index in [0.29, 0.717) is 22.1 Å². The second kappa shape index (κ2) is 5.29. The summed E-state index contributed by atoms with van der Waals surface area (Å²) in [5, 5.41) is 0.457. The summed E-state index contributed by atoms with van der Waals surface area (Å²) in [6.07, 6.45) is 1.98. The van der Waals surface area contributed by atoms with Crippen LogP contribution < -0.4 is 5.73 Å². The van der Waals surface area contributed by atoms with Gasteiger partial charge in [-0.05, 0) is 31.5 Å². The third-order valence-electron chi connectivity index (χ3n) is 3.11. The molecule has 92 valence electrons. The molecule has 1 aromatic rings. The number of hydrogen-bond donors (Lipinski definition) is 1. The average molecular weight is 273 g/mol. The zero-order valence-electron chi connectivity index (χ0n) is 9.33. The zero-order chi connectivity index (χ0) is 12.4. The van der Waals surface area contributed by atoms with Gasteiger partial charge in [0, 0.05) is 17.1 Å². The van der Waals surface area contributed by atoms with Crippen LogP contribution in [0.2, 0.25) is 5.02 Å². The Hall–Kier alpha value is -0.710. The number of thiocarbonyl (C=S) groups is 1. The van der Waals surface area contributed by atoms with Gasteiger partial charge in [-0.15, -0.1) is 0 Å². The molecule has 1 fully saturated rings. The maximum atomic E-state index is 13.7. The van der Waals surface area contributed by atoms with E-state index < -0.39 is 0 Å². The van der Waals surface area contributed by atoms with Gasteiger partial charge in [0.15, 0.2) is 0 Å². The van der Waals surface area contributed by atoms with Crippen LogP contribution in [0.15, 0.2) is 18.2 Å². The van der Waals surface area contributed by atoms with E-state index in [-0.39, 0.29) is 11.9 Å². The van der Waals surface area contributed by atoms with Crippen molar-refractivity contribution < 1.29 is 4.39 Å². The standard InChI is InChI=1S/C12H14ClFN2S/c13-9-3-1-4-10(14)8(9)7-16-6-2-5-11(16)12(15)17/h1,3-4,11H,2,5-7H2,(H2,15,17). The van der Waals surface area contributed by atoms with Crippen molar-refractivity contribution in [2.75, 3.05) is 6.54 Å². The van der Waals surface area contributed by atoms with Crippen LogP contribution in [0.1, 0.15) is 18.4 Å². The fourth-order valence-electron chi connectivity index (χ4n) is 2.22. The Morgan fingerprint density at radius 2 is 2.35 bits per heavy atom. The number of hydrogen-bond acceptors (Lipinski definition) is 2. The lowest BCUT2D eigenvalue weighted by Gasteiger charge is -2.24. The molecule has 1 heterocycles. The predicted octanol–water partition coefficient (Wildman–Crippen LogP) is 2.73. The Kier molecular flexibility index (Phi) is 3.97. The molecule has 1 aliphatic heterocycles. The van der Waals surface area contributed by atoms with E-state index in [9.17, 15) is 4.39 Å². The molecule has 1 aromatic carbocycles. The van der Waals surface area contributed by atoms with Crippen molar-refractivity contribution in [2.24, 2.45) is 5.73 Å². The van der Waals surface area contributed by atoms with Crippen molar-refractivity contribution in [1.29, 1.82) is 0 Å². The molecule has 2 nitrogen and oxygen atoms in total. The molecule has 0 aromatic heterocycles. The number of nitrogens with two attached hydrogens (primary N) is 1. The molecule has 17 heavy (non-hydrogen) atoms. The minimum absolute atomic E-state index is 0.0701. The SMILES string of the molecule is NC(=S)C1CCCN1Cc1c(F)cccc1Cl. The highest BCUT2D eigenvalue weighted by molar-refractivity contribution is 7.80. The fourth-order valence-corrected chi connectivity index (χ4v) is 2.71. The first kappa shape index (κ1) is 12.7. The molecule has 1 aliphatic rings. The quantitative estimate of drug-likeness (QED) is 0.858. The Bertz CT molecular complexity index is 418. The summed E-state index contributed by atoms with van der Waals surface area (Å²) in [6.45, 7) is 1.35. The largest absolute Gasteiger partial charge is 0.392 e. The third kappa shape index (κ3) is 2.76. The summed E-state index contributed by atoms with van der Waals surface area (Å²) in [4.78, 5) is 2.57. The van der Waals surface area contributed by atoms with E-state index >= 15 is 0 Å². The summed E-state index contributed by atoms with van der Waals surface area (Å²) in [7, 11) is 0. The number of halogens is 2. The number of nitrogens with zero attached hydrogens (tertiary/aromatic N) is 1. The average Bonchev–Trinajstić information content (AvgIpc) is 2.72. The van der Waals surface area contributed by atoms with Gasteiger partial charge >= 0.3 is 0 Å². The maximum absolute atomic E-state index is 13.7. The first-order chi connectivity index (χ1) is 8.09. The van der Waals surface area contributed by atoms with E-state index in [1.165, 1.54) is 6.07 Å². The maximum Gasteiger partial charge on any atom is 0.129 e. The van der Waals surface area contributed by atoms with E-state index in [4.69, 9.17) is 29.6 Å². The van der Waals surface area contributed by atoms with Crippen LogP contribution in [0.4, 0.5) is 4.39 Å². The van der Waals surface area contributed by atoms with Gasteiger partial charge in [0.1, 0.15) is 5.82 Å². The van der Waals surface area contributed by atoms with Gasteiger partial charge in [-0.25, -0.2) is 4.39 Å². The van der Waals surface area contributed by atoms with Gasteiger partial charge < -0.3 is 5.73 Å². The van der Waals surface area contributed by atoms with Crippen molar-refractivity contribution in [2.45, 2.75) is 25.4 Å². The number of likely N-dealkylation sites (tertiary alicyclic amines) is 1. The minimum atomic E-state index is -0.272. The summed E-state index contributed by atoms with van der Waals surface area (Å²) in [5.41, 5.74) is 6.21. The second-order valence-electron chi connectivity index (χ2n) is 4.23. The van der Waals surface area contributed by atoms with Crippen molar-refractivity contribution >= 4 is 28.8 Å². The second-order valence-corrected chi connectivity index (χ2v) is 5.11. The molecule has 1 atom stereocenters. The molecule has 0 spiro atoms. The summed E-state index contributed by atoms with van der Waals surface area (Å²) in [6, 6.07) is 4.80. The van der Waals surface area contributed by atoms with Crippen molar-refractivity contribution in [1.82, 2.24) is 4.90 Å². The Labute approximate surface area is 111 Å². The molecule has 0 amide bonds. The lowest BCUT2D eigenvalue weighted by Crippen LogP contribution is -2.38. The van der Waals surface area contributed by atoms with E-state index in [0.717, 1.165) is 19.4 Å².